The molecule has 0 unspecified atom stereocenters. The van der Waals surface area contributed by atoms with Gasteiger partial charge in [0, 0.05) is 30.2 Å². The van der Waals surface area contributed by atoms with Crippen LogP contribution in [-0.2, 0) is 19.1 Å². The maximum absolute atomic E-state index is 12.8. The third kappa shape index (κ3) is 4.18. The maximum atomic E-state index is 12.8. The molecule has 1 amide bonds. The zero-order valence-electron chi connectivity index (χ0n) is 17.6. The van der Waals surface area contributed by atoms with Crippen molar-refractivity contribution in [2.24, 2.45) is 0 Å². The van der Waals surface area contributed by atoms with Crippen molar-refractivity contribution in [3.63, 3.8) is 0 Å². The highest BCUT2D eigenvalue weighted by atomic mass is 16.5. The number of anilines is 1. The Morgan fingerprint density at radius 1 is 1.06 bits per heavy atom. The Morgan fingerprint density at radius 2 is 1.84 bits per heavy atom. The number of carbonyl (C=O) groups excluding carboxylic acids is 3. The molecule has 2 aliphatic rings. The van der Waals surface area contributed by atoms with Crippen LogP contribution in [0.1, 0.15) is 23.2 Å². The van der Waals surface area contributed by atoms with Gasteiger partial charge >= 0.3 is 11.9 Å². The molecule has 0 bridgehead atoms. The summed E-state index contributed by atoms with van der Waals surface area (Å²) < 4.78 is 11.6. The first-order valence-corrected chi connectivity index (χ1v) is 10.0. The molecule has 9 heteroatoms. The summed E-state index contributed by atoms with van der Waals surface area (Å²) in [7, 11) is 2.47. The van der Waals surface area contributed by atoms with Crippen molar-refractivity contribution in [1.29, 1.82) is 0 Å². The quantitative estimate of drug-likeness (QED) is 0.696. The topological polar surface area (TPSA) is 103 Å². The number of rotatable bonds is 6. The Kier molecular flexibility index (Phi) is 5.89. The van der Waals surface area contributed by atoms with Gasteiger partial charge < -0.3 is 24.3 Å². The predicted octanol–water partition coefficient (Wildman–Crippen LogP) is 2.25. The molecule has 1 aliphatic heterocycles. The van der Waals surface area contributed by atoms with E-state index in [1.165, 1.54) is 25.2 Å². The lowest BCUT2D eigenvalue weighted by Gasteiger charge is -2.26. The summed E-state index contributed by atoms with van der Waals surface area (Å²) in [4.78, 5) is 43.6. The monoisotopic (exact) mass is 434 g/mol. The van der Waals surface area contributed by atoms with E-state index in [0.717, 1.165) is 12.8 Å². The molecular formula is C23H22N4O5. The van der Waals surface area contributed by atoms with E-state index in [0.29, 0.717) is 16.9 Å². The number of hydrogen-bond donors (Lipinski definition) is 1. The molecule has 0 radical (unpaired) electrons. The average molecular weight is 434 g/mol. The van der Waals surface area contributed by atoms with E-state index < -0.39 is 11.9 Å². The summed E-state index contributed by atoms with van der Waals surface area (Å²) in [5.74, 6) is -1.63. The van der Waals surface area contributed by atoms with E-state index in [1.54, 1.807) is 59.8 Å². The Labute approximate surface area is 184 Å². The lowest BCUT2D eigenvalue weighted by Crippen LogP contribution is -2.29. The Morgan fingerprint density at radius 3 is 2.50 bits per heavy atom. The van der Waals surface area contributed by atoms with Crippen molar-refractivity contribution in [1.82, 2.24) is 14.9 Å². The molecule has 0 saturated heterocycles. The van der Waals surface area contributed by atoms with Gasteiger partial charge in [-0.1, -0.05) is 6.08 Å². The average Bonchev–Trinajstić information content (AvgIpc) is 3.52. The number of nitrogens with one attached hydrogen (secondary N) is 1. The third-order valence-corrected chi connectivity index (χ3v) is 5.08. The van der Waals surface area contributed by atoms with Crippen LogP contribution < -0.4 is 10.2 Å². The van der Waals surface area contributed by atoms with Crippen LogP contribution in [0.25, 0.3) is 5.69 Å². The van der Waals surface area contributed by atoms with E-state index in [9.17, 15) is 14.4 Å². The lowest BCUT2D eigenvalue weighted by atomic mass is 10.1. The number of methoxy groups -OCH3 is 2. The second kappa shape index (κ2) is 8.93. The van der Waals surface area contributed by atoms with Gasteiger partial charge in [-0.2, -0.15) is 0 Å². The summed E-state index contributed by atoms with van der Waals surface area (Å²) in [6, 6.07) is 5.33. The molecular weight excluding hydrogens is 412 g/mol. The van der Waals surface area contributed by atoms with Crippen molar-refractivity contribution in [2.45, 2.75) is 18.9 Å². The van der Waals surface area contributed by atoms with E-state index in [1.807, 2.05) is 0 Å². The molecule has 1 fully saturated rings. The minimum Gasteiger partial charge on any atom is -0.465 e. The van der Waals surface area contributed by atoms with Gasteiger partial charge in [0.1, 0.15) is 5.70 Å². The molecule has 32 heavy (non-hydrogen) atoms. The maximum Gasteiger partial charge on any atom is 0.355 e. The van der Waals surface area contributed by atoms with Gasteiger partial charge in [-0.05, 0) is 43.2 Å². The van der Waals surface area contributed by atoms with E-state index >= 15 is 0 Å². The largest absolute Gasteiger partial charge is 0.465 e. The zero-order valence-corrected chi connectivity index (χ0v) is 17.6. The normalized spacial score (nSPS) is 15.4. The molecule has 0 atom stereocenters. The fraction of sp³-hybridized carbons (Fsp3) is 0.217. The minimum absolute atomic E-state index is 0.0220. The summed E-state index contributed by atoms with van der Waals surface area (Å²) >= 11 is 0. The summed E-state index contributed by atoms with van der Waals surface area (Å²) in [6.45, 7) is 0. The molecule has 0 spiro atoms. The van der Waals surface area contributed by atoms with Crippen molar-refractivity contribution >= 4 is 23.5 Å². The zero-order chi connectivity index (χ0) is 22.7. The molecule has 1 aromatic heterocycles. The second-order valence-electron chi connectivity index (χ2n) is 7.24. The number of nitrogens with zero attached hydrogens (tertiary/aromatic N) is 3. The van der Waals surface area contributed by atoms with Gasteiger partial charge in [0.2, 0.25) is 0 Å². The standard InChI is InChI=1S/C23H22N4O5/c1-31-22(29)17-5-3-4-11-27(20(17)23(30)32-2)19-13-15(21(28)25-16-7-8-16)6-9-18(19)26-12-10-24-14-26/h3-6,9-14,16H,7-8H2,1-2H3,(H,25,28). The van der Waals surface area contributed by atoms with Crippen molar-refractivity contribution in [3.05, 3.63) is 78.2 Å². The second-order valence-corrected chi connectivity index (χ2v) is 7.24. The number of esters is 2. The summed E-state index contributed by atoms with van der Waals surface area (Å²) in [5, 5.41) is 2.96. The molecule has 1 saturated carbocycles. The van der Waals surface area contributed by atoms with Gasteiger partial charge in [0.05, 0.1) is 37.5 Å². The molecule has 1 aliphatic carbocycles. The van der Waals surface area contributed by atoms with Crippen molar-refractivity contribution in [3.8, 4) is 5.69 Å². The fourth-order valence-electron chi connectivity index (χ4n) is 3.33. The van der Waals surface area contributed by atoms with Crippen LogP contribution in [0.3, 0.4) is 0 Å². The number of aromatic nitrogens is 2. The van der Waals surface area contributed by atoms with Gasteiger partial charge in [-0.3, -0.25) is 4.79 Å². The fourth-order valence-corrected chi connectivity index (χ4v) is 3.33. The Balaban J connectivity index is 1.90. The molecule has 2 aromatic rings. The number of amides is 1. The van der Waals surface area contributed by atoms with Crippen LogP contribution in [-0.4, -0.2) is 47.7 Å². The van der Waals surface area contributed by atoms with Crippen LogP contribution in [0.4, 0.5) is 5.69 Å². The summed E-state index contributed by atoms with van der Waals surface area (Å²) in [6.07, 6.45) is 13.3. The SMILES string of the molecule is COC(=O)C1=C(C(=O)OC)N(c2cc(C(=O)NC3CC3)ccc2-n2ccnc2)C=CC=C1. The Hall–Kier alpha value is -4.14. The first-order chi connectivity index (χ1) is 15.5. The lowest BCUT2D eigenvalue weighted by molar-refractivity contribution is -0.139. The molecule has 4 rings (SSSR count). The molecule has 2 heterocycles. The van der Waals surface area contributed by atoms with Crippen LogP contribution in [0.15, 0.2) is 72.6 Å². The van der Waals surface area contributed by atoms with Gasteiger partial charge in [0.25, 0.3) is 5.91 Å². The van der Waals surface area contributed by atoms with Gasteiger partial charge in [-0.15, -0.1) is 0 Å². The van der Waals surface area contributed by atoms with Crippen molar-refractivity contribution in [2.75, 3.05) is 19.1 Å². The van der Waals surface area contributed by atoms with E-state index in [4.69, 9.17) is 9.47 Å². The molecule has 1 N–H and O–H groups in total. The highest BCUT2D eigenvalue weighted by molar-refractivity contribution is 6.06. The first-order valence-electron chi connectivity index (χ1n) is 10.0. The minimum atomic E-state index is -0.731. The molecule has 1 aromatic carbocycles. The van der Waals surface area contributed by atoms with Gasteiger partial charge in [0.15, 0.2) is 0 Å². The number of allylic oxidation sites excluding steroid dienone is 2. The third-order valence-electron chi connectivity index (χ3n) is 5.08. The summed E-state index contributed by atoms with van der Waals surface area (Å²) in [5.41, 5.74) is 1.53. The van der Waals surface area contributed by atoms with Crippen LogP contribution in [0.5, 0.6) is 0 Å². The number of benzene rings is 1. The van der Waals surface area contributed by atoms with Gasteiger partial charge in [-0.25, -0.2) is 14.6 Å². The Bertz CT molecular complexity index is 1140. The number of hydrogen-bond acceptors (Lipinski definition) is 7. The first kappa shape index (κ1) is 21.1. The van der Waals surface area contributed by atoms with Crippen LogP contribution in [0.2, 0.25) is 0 Å². The smallest absolute Gasteiger partial charge is 0.355 e. The van der Waals surface area contributed by atoms with Crippen LogP contribution >= 0.6 is 0 Å². The predicted molar refractivity (Wildman–Crippen MR) is 116 cm³/mol. The van der Waals surface area contributed by atoms with E-state index in [2.05, 4.69) is 10.3 Å². The molecule has 164 valence electrons. The van der Waals surface area contributed by atoms with Crippen molar-refractivity contribution < 1.29 is 23.9 Å². The number of carbonyl (C=O) groups is 3. The van der Waals surface area contributed by atoms with Crippen LogP contribution in [0, 0.1) is 0 Å². The highest BCUT2D eigenvalue weighted by Crippen LogP contribution is 2.33. The highest BCUT2D eigenvalue weighted by Gasteiger charge is 2.30. The van der Waals surface area contributed by atoms with E-state index in [-0.39, 0.29) is 23.2 Å². The molecule has 9 nitrogen and oxygen atoms in total. The number of imidazole rings is 1. The number of ether oxygens (including phenoxy) is 2.